The quantitative estimate of drug-likeness (QED) is 0.810. The van der Waals surface area contributed by atoms with Gasteiger partial charge in [0, 0.05) is 38.3 Å². The highest BCUT2D eigenvalue weighted by molar-refractivity contribution is 5.47. The number of ether oxygens (including phenoxy) is 3. The second kappa shape index (κ2) is 6.92. The molecule has 0 spiro atoms. The van der Waals surface area contributed by atoms with E-state index in [2.05, 4.69) is 16.3 Å². The lowest BCUT2D eigenvalue weighted by molar-refractivity contribution is 0.0384. The van der Waals surface area contributed by atoms with Crippen molar-refractivity contribution in [2.45, 2.75) is 6.54 Å². The molecule has 0 radical (unpaired) electrons. The predicted octanol–water partition coefficient (Wildman–Crippen LogP) is 0.880. The lowest BCUT2D eigenvalue weighted by Crippen LogP contribution is -2.40. The minimum Gasteiger partial charge on any atom is -0.486 e. The first-order valence-electron chi connectivity index (χ1n) is 7.32. The molecule has 0 aromatic heterocycles. The van der Waals surface area contributed by atoms with Gasteiger partial charge in [-0.1, -0.05) is 12.1 Å². The number of morpholine rings is 1. The summed E-state index contributed by atoms with van der Waals surface area (Å²) in [5.41, 5.74) is 1.17. The van der Waals surface area contributed by atoms with Crippen LogP contribution in [0.2, 0.25) is 0 Å². The van der Waals surface area contributed by atoms with Crippen LogP contribution in [0.5, 0.6) is 11.5 Å². The summed E-state index contributed by atoms with van der Waals surface area (Å²) in [4.78, 5) is 2.43. The standard InChI is InChI=1S/C15H22N2O3/c1-2-13(15-14(3-1)19-10-11-20-15)12-16-4-5-17-6-8-18-9-7-17/h1-3,16H,4-12H2. The molecule has 0 amide bonds. The van der Waals surface area contributed by atoms with Gasteiger partial charge >= 0.3 is 0 Å². The maximum Gasteiger partial charge on any atom is 0.165 e. The van der Waals surface area contributed by atoms with E-state index in [4.69, 9.17) is 14.2 Å². The van der Waals surface area contributed by atoms with Gasteiger partial charge in [-0.3, -0.25) is 4.90 Å². The molecule has 2 heterocycles. The van der Waals surface area contributed by atoms with Gasteiger partial charge in [-0.05, 0) is 6.07 Å². The average molecular weight is 278 g/mol. The number of rotatable bonds is 5. The van der Waals surface area contributed by atoms with Crippen LogP contribution in [0.15, 0.2) is 18.2 Å². The Hall–Kier alpha value is -1.30. The second-order valence-corrected chi connectivity index (χ2v) is 5.07. The van der Waals surface area contributed by atoms with Crippen molar-refractivity contribution in [3.63, 3.8) is 0 Å². The molecule has 5 heteroatoms. The molecule has 20 heavy (non-hydrogen) atoms. The third-order valence-corrected chi connectivity index (χ3v) is 3.67. The first kappa shape index (κ1) is 13.7. The van der Waals surface area contributed by atoms with Crippen LogP contribution in [-0.2, 0) is 11.3 Å². The third-order valence-electron chi connectivity index (χ3n) is 3.67. The molecule has 2 aliphatic heterocycles. The van der Waals surface area contributed by atoms with E-state index >= 15 is 0 Å². The van der Waals surface area contributed by atoms with Crippen LogP contribution in [0.25, 0.3) is 0 Å². The lowest BCUT2D eigenvalue weighted by Gasteiger charge is -2.26. The summed E-state index contributed by atoms with van der Waals surface area (Å²) in [7, 11) is 0. The molecule has 1 N–H and O–H groups in total. The van der Waals surface area contributed by atoms with E-state index in [1.54, 1.807) is 0 Å². The van der Waals surface area contributed by atoms with Crippen molar-refractivity contribution in [2.24, 2.45) is 0 Å². The van der Waals surface area contributed by atoms with Crippen LogP contribution in [-0.4, -0.2) is 57.5 Å². The summed E-state index contributed by atoms with van der Waals surface area (Å²) >= 11 is 0. The zero-order chi connectivity index (χ0) is 13.6. The van der Waals surface area contributed by atoms with Crippen molar-refractivity contribution in [3.05, 3.63) is 23.8 Å². The Balaban J connectivity index is 1.46. The first-order valence-corrected chi connectivity index (χ1v) is 7.32. The highest BCUT2D eigenvalue weighted by Gasteiger charge is 2.15. The smallest absolute Gasteiger partial charge is 0.165 e. The summed E-state index contributed by atoms with van der Waals surface area (Å²) in [5.74, 6) is 1.77. The Bertz CT molecular complexity index is 433. The molecular formula is C15H22N2O3. The van der Waals surface area contributed by atoms with Gasteiger partial charge in [-0.25, -0.2) is 0 Å². The topological polar surface area (TPSA) is 43.0 Å². The first-order chi connectivity index (χ1) is 9.93. The van der Waals surface area contributed by atoms with Crippen LogP contribution >= 0.6 is 0 Å². The molecule has 0 aliphatic carbocycles. The summed E-state index contributed by atoms with van der Waals surface area (Å²) in [5, 5.41) is 3.48. The molecule has 0 atom stereocenters. The van der Waals surface area contributed by atoms with E-state index in [0.717, 1.165) is 57.4 Å². The molecule has 1 aromatic carbocycles. The molecule has 1 aromatic rings. The van der Waals surface area contributed by atoms with E-state index < -0.39 is 0 Å². The monoisotopic (exact) mass is 278 g/mol. The van der Waals surface area contributed by atoms with Gasteiger partial charge in [0.25, 0.3) is 0 Å². The van der Waals surface area contributed by atoms with Gasteiger partial charge in [-0.15, -0.1) is 0 Å². The lowest BCUT2D eigenvalue weighted by atomic mass is 10.1. The number of benzene rings is 1. The van der Waals surface area contributed by atoms with Gasteiger partial charge in [0.2, 0.25) is 0 Å². The number of nitrogens with zero attached hydrogens (tertiary/aromatic N) is 1. The van der Waals surface area contributed by atoms with Gasteiger partial charge in [0.1, 0.15) is 13.2 Å². The maximum absolute atomic E-state index is 5.71. The number of hydrogen-bond donors (Lipinski definition) is 1. The van der Waals surface area contributed by atoms with Crippen LogP contribution in [0.4, 0.5) is 0 Å². The van der Waals surface area contributed by atoms with Crippen molar-refractivity contribution < 1.29 is 14.2 Å². The molecule has 110 valence electrons. The Morgan fingerprint density at radius 1 is 1.05 bits per heavy atom. The second-order valence-electron chi connectivity index (χ2n) is 5.07. The third kappa shape index (κ3) is 3.42. The number of hydrogen-bond acceptors (Lipinski definition) is 5. The van der Waals surface area contributed by atoms with E-state index in [1.807, 2.05) is 12.1 Å². The van der Waals surface area contributed by atoms with Crippen molar-refractivity contribution >= 4 is 0 Å². The normalized spacial score (nSPS) is 19.0. The van der Waals surface area contributed by atoms with E-state index in [1.165, 1.54) is 5.56 Å². The molecule has 3 rings (SSSR count). The fraction of sp³-hybridized carbons (Fsp3) is 0.600. The highest BCUT2D eigenvalue weighted by Crippen LogP contribution is 2.33. The Morgan fingerprint density at radius 2 is 1.90 bits per heavy atom. The van der Waals surface area contributed by atoms with Crippen LogP contribution in [0.3, 0.4) is 0 Å². The molecular weight excluding hydrogens is 256 g/mol. The Morgan fingerprint density at radius 3 is 2.80 bits per heavy atom. The predicted molar refractivity (Wildman–Crippen MR) is 76.4 cm³/mol. The van der Waals surface area contributed by atoms with Crippen molar-refractivity contribution in [1.29, 1.82) is 0 Å². The molecule has 0 bridgehead atoms. The van der Waals surface area contributed by atoms with Crippen molar-refractivity contribution in [1.82, 2.24) is 10.2 Å². The summed E-state index contributed by atoms with van der Waals surface area (Å²) in [6.07, 6.45) is 0. The SMILES string of the molecule is c1cc(CNCCN2CCOCC2)c2c(c1)OCCO2. The van der Waals surface area contributed by atoms with E-state index in [-0.39, 0.29) is 0 Å². The molecule has 0 unspecified atom stereocenters. The zero-order valence-corrected chi connectivity index (χ0v) is 11.8. The van der Waals surface area contributed by atoms with Gasteiger partial charge in [0.15, 0.2) is 11.5 Å². The average Bonchev–Trinajstić information content (AvgIpc) is 2.53. The minimum atomic E-state index is 0.637. The number of fused-ring (bicyclic) bond motifs is 1. The van der Waals surface area contributed by atoms with Crippen LogP contribution in [0, 0.1) is 0 Å². The highest BCUT2D eigenvalue weighted by atomic mass is 16.6. The Kier molecular flexibility index (Phi) is 4.73. The molecule has 1 saturated heterocycles. The number of para-hydroxylation sites is 1. The molecule has 5 nitrogen and oxygen atoms in total. The summed E-state index contributed by atoms with van der Waals surface area (Å²) in [6, 6.07) is 6.08. The molecule has 0 saturated carbocycles. The number of nitrogens with one attached hydrogen (secondary N) is 1. The van der Waals surface area contributed by atoms with Gasteiger partial charge in [-0.2, -0.15) is 0 Å². The molecule has 1 fully saturated rings. The van der Waals surface area contributed by atoms with Crippen molar-refractivity contribution in [3.8, 4) is 11.5 Å². The summed E-state index contributed by atoms with van der Waals surface area (Å²) in [6.45, 7) is 7.93. The zero-order valence-electron chi connectivity index (χ0n) is 11.8. The maximum atomic E-state index is 5.71. The van der Waals surface area contributed by atoms with Crippen molar-refractivity contribution in [2.75, 3.05) is 52.6 Å². The fourth-order valence-electron chi connectivity index (χ4n) is 2.56. The largest absolute Gasteiger partial charge is 0.486 e. The van der Waals surface area contributed by atoms with Crippen LogP contribution in [0.1, 0.15) is 5.56 Å². The van der Waals surface area contributed by atoms with Gasteiger partial charge in [0.05, 0.1) is 13.2 Å². The van der Waals surface area contributed by atoms with Crippen LogP contribution < -0.4 is 14.8 Å². The van der Waals surface area contributed by atoms with E-state index in [0.29, 0.717) is 13.2 Å². The summed E-state index contributed by atoms with van der Waals surface area (Å²) < 4.78 is 16.6. The fourth-order valence-corrected chi connectivity index (χ4v) is 2.56. The van der Waals surface area contributed by atoms with E-state index in [9.17, 15) is 0 Å². The van der Waals surface area contributed by atoms with Gasteiger partial charge < -0.3 is 19.5 Å². The minimum absolute atomic E-state index is 0.637. The molecule has 2 aliphatic rings. The Labute approximate surface area is 119 Å².